The van der Waals surface area contributed by atoms with E-state index in [1.165, 1.54) is 24.8 Å². The van der Waals surface area contributed by atoms with Crippen LogP contribution >= 0.6 is 0 Å². The van der Waals surface area contributed by atoms with E-state index in [2.05, 4.69) is 45.9 Å². The van der Waals surface area contributed by atoms with Crippen LogP contribution < -0.4 is 10.6 Å². The van der Waals surface area contributed by atoms with Gasteiger partial charge in [0, 0.05) is 25.7 Å². The Morgan fingerprint density at radius 2 is 1.91 bits per heavy atom. The largest absolute Gasteiger partial charge is 0.338 e. The molecule has 1 atom stereocenters. The van der Waals surface area contributed by atoms with Crippen LogP contribution in [0.4, 0.5) is 4.79 Å². The average Bonchev–Trinajstić information content (AvgIpc) is 3.24. The van der Waals surface area contributed by atoms with Gasteiger partial charge in [-0.3, -0.25) is 0 Å². The molecule has 126 valence electrons. The summed E-state index contributed by atoms with van der Waals surface area (Å²) in [7, 11) is 0. The lowest BCUT2D eigenvalue weighted by atomic mass is 10.1. The standard InChI is InChI=1S/C19H29N3O/c23-19(21-18-8-4-5-9-18)20-14-17-11-13-22(15-17)12-10-16-6-2-1-3-7-16/h1-3,6-7,17-18H,4-5,8-15H2,(H2,20,21,23)/t17-/m0/s1. The van der Waals surface area contributed by atoms with Gasteiger partial charge in [-0.25, -0.2) is 4.79 Å². The number of amides is 2. The molecular weight excluding hydrogens is 286 g/mol. The average molecular weight is 315 g/mol. The van der Waals surface area contributed by atoms with Gasteiger partial charge in [0.1, 0.15) is 0 Å². The Hall–Kier alpha value is -1.55. The highest BCUT2D eigenvalue weighted by Crippen LogP contribution is 2.18. The first-order chi connectivity index (χ1) is 11.3. The van der Waals surface area contributed by atoms with Gasteiger partial charge in [0.15, 0.2) is 0 Å². The van der Waals surface area contributed by atoms with Crippen LogP contribution in [0.25, 0.3) is 0 Å². The van der Waals surface area contributed by atoms with Gasteiger partial charge in [0.25, 0.3) is 0 Å². The summed E-state index contributed by atoms with van der Waals surface area (Å²) in [4.78, 5) is 14.4. The quantitative estimate of drug-likeness (QED) is 0.848. The number of carbonyl (C=O) groups is 1. The van der Waals surface area contributed by atoms with Crippen molar-refractivity contribution in [2.24, 2.45) is 5.92 Å². The van der Waals surface area contributed by atoms with Crippen molar-refractivity contribution in [2.45, 2.75) is 44.6 Å². The number of benzene rings is 1. The predicted octanol–water partition coefficient (Wildman–Crippen LogP) is 2.79. The molecule has 1 saturated carbocycles. The highest BCUT2D eigenvalue weighted by molar-refractivity contribution is 5.74. The molecule has 0 radical (unpaired) electrons. The second-order valence-electron chi connectivity index (χ2n) is 7.03. The summed E-state index contributed by atoms with van der Waals surface area (Å²) in [5.41, 5.74) is 1.41. The van der Waals surface area contributed by atoms with Crippen molar-refractivity contribution in [3.63, 3.8) is 0 Å². The van der Waals surface area contributed by atoms with E-state index in [1.54, 1.807) is 0 Å². The van der Waals surface area contributed by atoms with E-state index >= 15 is 0 Å². The van der Waals surface area contributed by atoms with Crippen LogP contribution in [-0.2, 0) is 6.42 Å². The monoisotopic (exact) mass is 315 g/mol. The molecule has 2 aliphatic rings. The molecule has 3 rings (SSSR count). The van der Waals surface area contributed by atoms with Crippen molar-refractivity contribution in [3.8, 4) is 0 Å². The molecule has 2 fully saturated rings. The molecule has 1 saturated heterocycles. The Morgan fingerprint density at radius 1 is 1.13 bits per heavy atom. The summed E-state index contributed by atoms with van der Waals surface area (Å²) in [5, 5.41) is 6.17. The Labute approximate surface area is 139 Å². The van der Waals surface area contributed by atoms with Crippen molar-refractivity contribution in [1.29, 1.82) is 0 Å². The summed E-state index contributed by atoms with van der Waals surface area (Å²) >= 11 is 0. The van der Waals surface area contributed by atoms with Crippen LogP contribution in [-0.4, -0.2) is 43.2 Å². The molecule has 0 bridgehead atoms. The van der Waals surface area contributed by atoms with Crippen LogP contribution in [0.2, 0.25) is 0 Å². The lowest BCUT2D eigenvalue weighted by molar-refractivity contribution is 0.234. The smallest absolute Gasteiger partial charge is 0.315 e. The number of nitrogens with one attached hydrogen (secondary N) is 2. The SMILES string of the molecule is O=C(NC[C@@H]1CCN(CCc2ccccc2)C1)NC1CCCC1. The number of rotatable bonds is 6. The number of likely N-dealkylation sites (tertiary alicyclic amines) is 1. The minimum Gasteiger partial charge on any atom is -0.338 e. The van der Waals surface area contributed by atoms with Crippen LogP contribution in [0.3, 0.4) is 0 Å². The van der Waals surface area contributed by atoms with Gasteiger partial charge >= 0.3 is 6.03 Å². The molecule has 1 aromatic carbocycles. The molecule has 0 spiro atoms. The summed E-state index contributed by atoms with van der Waals surface area (Å²) in [6.07, 6.45) is 7.10. The number of carbonyl (C=O) groups excluding carboxylic acids is 1. The third kappa shape index (κ3) is 5.24. The third-order valence-electron chi connectivity index (χ3n) is 5.17. The first-order valence-electron chi connectivity index (χ1n) is 9.10. The fraction of sp³-hybridized carbons (Fsp3) is 0.632. The van der Waals surface area contributed by atoms with Crippen molar-refractivity contribution < 1.29 is 4.79 Å². The molecule has 4 nitrogen and oxygen atoms in total. The normalized spacial score (nSPS) is 22.3. The second kappa shape index (κ2) is 8.34. The molecule has 4 heteroatoms. The van der Waals surface area contributed by atoms with Crippen LogP contribution in [0.15, 0.2) is 30.3 Å². The van der Waals surface area contributed by atoms with E-state index in [9.17, 15) is 4.79 Å². The van der Waals surface area contributed by atoms with Crippen LogP contribution in [0, 0.1) is 5.92 Å². The maximum Gasteiger partial charge on any atom is 0.315 e. The molecule has 0 aromatic heterocycles. The van der Waals surface area contributed by atoms with Crippen molar-refractivity contribution in [2.75, 3.05) is 26.2 Å². The van der Waals surface area contributed by atoms with Gasteiger partial charge in [-0.2, -0.15) is 0 Å². The number of urea groups is 1. The molecule has 1 aliphatic carbocycles. The zero-order chi connectivity index (χ0) is 15.9. The topological polar surface area (TPSA) is 44.4 Å². The molecule has 1 aromatic rings. The van der Waals surface area contributed by atoms with Crippen molar-refractivity contribution in [1.82, 2.24) is 15.5 Å². The third-order valence-corrected chi connectivity index (χ3v) is 5.17. The minimum atomic E-state index is 0.0274. The highest BCUT2D eigenvalue weighted by atomic mass is 16.2. The summed E-state index contributed by atoms with van der Waals surface area (Å²) in [5.74, 6) is 0.597. The summed E-state index contributed by atoms with van der Waals surface area (Å²) in [6, 6.07) is 11.1. The Bertz CT molecular complexity index is 485. The lowest BCUT2D eigenvalue weighted by Gasteiger charge is -2.17. The molecule has 1 heterocycles. The molecule has 2 amide bonds. The molecule has 23 heavy (non-hydrogen) atoms. The Kier molecular flexibility index (Phi) is 5.92. The second-order valence-corrected chi connectivity index (χ2v) is 7.03. The first kappa shape index (κ1) is 16.3. The van der Waals surface area contributed by atoms with Crippen molar-refractivity contribution >= 4 is 6.03 Å². The van der Waals surface area contributed by atoms with Crippen molar-refractivity contribution in [3.05, 3.63) is 35.9 Å². The van der Waals surface area contributed by atoms with E-state index < -0.39 is 0 Å². The van der Waals surface area contributed by atoms with Gasteiger partial charge < -0.3 is 15.5 Å². The van der Waals surface area contributed by atoms with Crippen LogP contribution in [0.5, 0.6) is 0 Å². The zero-order valence-electron chi connectivity index (χ0n) is 14.0. The predicted molar refractivity (Wildman–Crippen MR) is 93.5 cm³/mol. The van der Waals surface area contributed by atoms with Gasteiger partial charge in [-0.15, -0.1) is 0 Å². The number of hydrogen-bond donors (Lipinski definition) is 2. The molecule has 1 aliphatic heterocycles. The molecule has 2 N–H and O–H groups in total. The van der Waals surface area contributed by atoms with E-state index in [-0.39, 0.29) is 6.03 Å². The van der Waals surface area contributed by atoms with Gasteiger partial charge in [0.05, 0.1) is 0 Å². The van der Waals surface area contributed by atoms with Gasteiger partial charge in [-0.05, 0) is 43.7 Å². The maximum atomic E-state index is 11.9. The highest BCUT2D eigenvalue weighted by Gasteiger charge is 2.23. The first-order valence-corrected chi connectivity index (χ1v) is 9.10. The maximum absolute atomic E-state index is 11.9. The molecule has 0 unspecified atom stereocenters. The summed E-state index contributed by atoms with van der Waals surface area (Å²) in [6.45, 7) is 4.19. The van der Waals surface area contributed by atoms with E-state index in [4.69, 9.17) is 0 Å². The minimum absolute atomic E-state index is 0.0274. The fourth-order valence-corrected chi connectivity index (χ4v) is 3.76. The lowest BCUT2D eigenvalue weighted by Crippen LogP contribution is -2.43. The fourth-order valence-electron chi connectivity index (χ4n) is 3.76. The zero-order valence-corrected chi connectivity index (χ0v) is 14.0. The van der Waals surface area contributed by atoms with E-state index in [0.29, 0.717) is 12.0 Å². The molecular formula is C19H29N3O. The van der Waals surface area contributed by atoms with E-state index in [1.807, 2.05) is 0 Å². The number of nitrogens with zero attached hydrogens (tertiary/aromatic N) is 1. The van der Waals surface area contributed by atoms with E-state index in [0.717, 1.165) is 45.4 Å². The number of hydrogen-bond acceptors (Lipinski definition) is 2. The Morgan fingerprint density at radius 3 is 2.70 bits per heavy atom. The van der Waals surface area contributed by atoms with Gasteiger partial charge in [-0.1, -0.05) is 43.2 Å². The Balaban J connectivity index is 1.31. The van der Waals surface area contributed by atoms with Gasteiger partial charge in [0.2, 0.25) is 0 Å². The van der Waals surface area contributed by atoms with Crippen LogP contribution in [0.1, 0.15) is 37.7 Å². The summed E-state index contributed by atoms with van der Waals surface area (Å²) < 4.78 is 0.